The van der Waals surface area contributed by atoms with Gasteiger partial charge in [0.15, 0.2) is 5.75 Å². The number of benzene rings is 4. The van der Waals surface area contributed by atoms with Crippen molar-refractivity contribution in [2.75, 3.05) is 31.1 Å². The van der Waals surface area contributed by atoms with E-state index in [0.717, 1.165) is 16.8 Å². The molecule has 48 heavy (non-hydrogen) atoms. The minimum absolute atomic E-state index is 0.233. The Morgan fingerprint density at radius 2 is 1.52 bits per heavy atom. The molecule has 1 aliphatic heterocycles. The van der Waals surface area contributed by atoms with Crippen LogP contribution in [0.3, 0.4) is 0 Å². The topological polar surface area (TPSA) is 108 Å². The summed E-state index contributed by atoms with van der Waals surface area (Å²) >= 11 is 6.52. The number of rotatable bonds is 9. The van der Waals surface area contributed by atoms with Crippen molar-refractivity contribution in [2.24, 2.45) is 0 Å². The molecule has 2 N–H and O–H groups in total. The first-order chi connectivity index (χ1) is 22.9. The summed E-state index contributed by atoms with van der Waals surface area (Å²) in [6.45, 7) is 9.40. The number of halogens is 1. The van der Waals surface area contributed by atoms with E-state index in [9.17, 15) is 19.5 Å². The molecule has 1 aliphatic rings. The average molecular weight is 670 g/mol. The van der Waals surface area contributed by atoms with Crippen molar-refractivity contribution >= 4 is 35.3 Å². The summed E-state index contributed by atoms with van der Waals surface area (Å²) in [5.41, 5.74) is 3.56. The van der Waals surface area contributed by atoms with Crippen LogP contribution in [0.5, 0.6) is 11.5 Å². The molecule has 0 bridgehead atoms. The number of nitrogens with one attached hydrogen (secondary N) is 1. The van der Waals surface area contributed by atoms with E-state index >= 15 is 0 Å². The standard InChI is InChI=1S/C38H40ClN3O6/c1-5-31(36(44)45)40-35(43)29-17-15-26(25-11-7-6-8-12-25)23-30(29)28-18-16-27(39)24-34(28)47-33-14-10-9-13-32(33)41-19-21-42(22-20-41)37(46)48-38(2,3)4/h6-18,23-24,31H,5,19-22H2,1-4H3,(H,40,43)(H,44,45). The van der Waals surface area contributed by atoms with Crippen molar-refractivity contribution in [1.82, 2.24) is 10.2 Å². The van der Waals surface area contributed by atoms with Gasteiger partial charge in [-0.25, -0.2) is 9.59 Å². The first-order valence-electron chi connectivity index (χ1n) is 16.0. The highest BCUT2D eigenvalue weighted by Gasteiger charge is 2.28. The summed E-state index contributed by atoms with van der Waals surface area (Å²) in [4.78, 5) is 41.9. The first kappa shape index (κ1) is 34.3. The van der Waals surface area contributed by atoms with Gasteiger partial charge in [-0.05, 0) is 80.3 Å². The molecule has 10 heteroatoms. The number of amides is 2. The molecule has 1 saturated heterocycles. The van der Waals surface area contributed by atoms with Gasteiger partial charge in [0.1, 0.15) is 17.4 Å². The predicted octanol–water partition coefficient (Wildman–Crippen LogP) is 8.12. The maximum atomic E-state index is 13.6. The molecular weight excluding hydrogens is 630 g/mol. The Morgan fingerprint density at radius 1 is 0.833 bits per heavy atom. The lowest BCUT2D eigenvalue weighted by molar-refractivity contribution is -0.139. The summed E-state index contributed by atoms with van der Waals surface area (Å²) < 4.78 is 12.2. The number of anilines is 1. The van der Waals surface area contributed by atoms with Crippen LogP contribution in [0.4, 0.5) is 10.5 Å². The lowest BCUT2D eigenvalue weighted by Crippen LogP contribution is -2.50. The zero-order chi connectivity index (χ0) is 34.4. The van der Waals surface area contributed by atoms with Gasteiger partial charge in [-0.3, -0.25) is 4.79 Å². The van der Waals surface area contributed by atoms with Gasteiger partial charge in [0.05, 0.1) is 5.69 Å². The van der Waals surface area contributed by atoms with Crippen LogP contribution < -0.4 is 15.0 Å². The fraction of sp³-hybridized carbons (Fsp3) is 0.289. The molecule has 4 aromatic rings. The minimum Gasteiger partial charge on any atom is -0.480 e. The predicted molar refractivity (Wildman–Crippen MR) is 188 cm³/mol. The molecule has 2 amide bonds. The van der Waals surface area contributed by atoms with E-state index in [-0.39, 0.29) is 12.5 Å². The van der Waals surface area contributed by atoms with E-state index in [2.05, 4.69) is 10.2 Å². The Kier molecular flexibility index (Phi) is 10.6. The number of carboxylic acid groups (broad SMARTS) is 1. The monoisotopic (exact) mass is 669 g/mol. The van der Waals surface area contributed by atoms with E-state index in [1.54, 1.807) is 36.1 Å². The molecule has 1 fully saturated rings. The van der Waals surface area contributed by atoms with Crippen molar-refractivity contribution in [1.29, 1.82) is 0 Å². The average Bonchev–Trinajstić information content (AvgIpc) is 3.07. The molecular formula is C38H40ClN3O6. The van der Waals surface area contributed by atoms with E-state index in [4.69, 9.17) is 21.1 Å². The van der Waals surface area contributed by atoms with Gasteiger partial charge < -0.3 is 29.7 Å². The molecule has 0 aromatic heterocycles. The van der Waals surface area contributed by atoms with Crippen LogP contribution >= 0.6 is 11.6 Å². The van der Waals surface area contributed by atoms with E-state index in [0.29, 0.717) is 59.4 Å². The summed E-state index contributed by atoms with van der Waals surface area (Å²) in [6.07, 6.45) is -0.0992. The maximum Gasteiger partial charge on any atom is 0.410 e. The smallest absolute Gasteiger partial charge is 0.410 e. The zero-order valence-corrected chi connectivity index (χ0v) is 28.3. The molecule has 1 atom stereocenters. The third kappa shape index (κ3) is 8.27. The van der Waals surface area contributed by atoms with Crippen molar-refractivity contribution in [2.45, 2.75) is 45.8 Å². The Hall–Kier alpha value is -5.02. The van der Waals surface area contributed by atoms with Crippen LogP contribution in [-0.2, 0) is 9.53 Å². The Morgan fingerprint density at radius 3 is 2.19 bits per heavy atom. The number of para-hydroxylation sites is 2. The van der Waals surface area contributed by atoms with Gasteiger partial charge in [0, 0.05) is 48.4 Å². The highest BCUT2D eigenvalue weighted by atomic mass is 35.5. The van der Waals surface area contributed by atoms with Crippen LogP contribution in [0.2, 0.25) is 5.02 Å². The number of carbonyl (C=O) groups is 3. The van der Waals surface area contributed by atoms with Gasteiger partial charge in [-0.2, -0.15) is 0 Å². The normalized spacial score (nSPS) is 13.9. The van der Waals surface area contributed by atoms with E-state index in [1.165, 1.54) is 0 Å². The van der Waals surface area contributed by atoms with Crippen molar-refractivity contribution in [3.63, 3.8) is 0 Å². The Balaban J connectivity index is 1.50. The second-order valence-corrected chi connectivity index (χ2v) is 13.0. The second kappa shape index (κ2) is 14.8. The fourth-order valence-corrected chi connectivity index (χ4v) is 5.69. The van der Waals surface area contributed by atoms with Crippen LogP contribution in [0.25, 0.3) is 22.3 Å². The maximum absolute atomic E-state index is 13.6. The van der Waals surface area contributed by atoms with Crippen molar-refractivity contribution in [3.8, 4) is 33.8 Å². The van der Waals surface area contributed by atoms with Crippen LogP contribution in [-0.4, -0.2) is 65.8 Å². The van der Waals surface area contributed by atoms with Gasteiger partial charge in [-0.1, -0.05) is 67.1 Å². The summed E-state index contributed by atoms with van der Waals surface area (Å²) in [5, 5.41) is 12.7. The van der Waals surface area contributed by atoms with Crippen LogP contribution in [0, 0.1) is 0 Å². The van der Waals surface area contributed by atoms with Gasteiger partial charge >= 0.3 is 12.1 Å². The quantitative estimate of drug-likeness (QED) is 0.185. The number of nitrogens with zero attached hydrogens (tertiary/aromatic N) is 2. The fourth-order valence-electron chi connectivity index (χ4n) is 5.53. The number of ether oxygens (including phenoxy) is 2. The molecule has 0 saturated carbocycles. The third-order valence-electron chi connectivity index (χ3n) is 7.97. The Bertz CT molecular complexity index is 1780. The van der Waals surface area contributed by atoms with E-state index < -0.39 is 23.5 Å². The molecule has 4 aromatic carbocycles. The summed E-state index contributed by atoms with van der Waals surface area (Å²) in [5.74, 6) is -0.615. The molecule has 9 nitrogen and oxygen atoms in total. The number of hydrogen-bond acceptors (Lipinski definition) is 6. The van der Waals surface area contributed by atoms with Crippen molar-refractivity contribution in [3.05, 3.63) is 102 Å². The van der Waals surface area contributed by atoms with Gasteiger partial charge in [0.2, 0.25) is 0 Å². The lowest BCUT2D eigenvalue weighted by atomic mass is 9.93. The molecule has 0 radical (unpaired) electrons. The van der Waals surface area contributed by atoms with Gasteiger partial charge in [0.25, 0.3) is 5.91 Å². The number of carbonyl (C=O) groups excluding carboxylic acids is 2. The Labute approximate surface area is 286 Å². The highest BCUT2D eigenvalue weighted by molar-refractivity contribution is 6.30. The van der Waals surface area contributed by atoms with E-state index in [1.807, 2.05) is 87.5 Å². The summed E-state index contributed by atoms with van der Waals surface area (Å²) in [6, 6.07) is 27.1. The molecule has 250 valence electrons. The number of piperazine rings is 1. The highest BCUT2D eigenvalue weighted by Crippen LogP contribution is 2.41. The van der Waals surface area contributed by atoms with Crippen molar-refractivity contribution < 1.29 is 29.0 Å². The zero-order valence-electron chi connectivity index (χ0n) is 27.5. The van der Waals surface area contributed by atoms with Crippen LogP contribution in [0.15, 0.2) is 91.0 Å². The lowest BCUT2D eigenvalue weighted by Gasteiger charge is -2.37. The summed E-state index contributed by atoms with van der Waals surface area (Å²) in [7, 11) is 0. The minimum atomic E-state index is -1.10. The number of aliphatic carboxylic acids is 1. The number of carboxylic acids is 1. The van der Waals surface area contributed by atoms with Crippen LogP contribution in [0.1, 0.15) is 44.5 Å². The third-order valence-corrected chi connectivity index (χ3v) is 8.21. The SMILES string of the molecule is CCC(NC(=O)c1ccc(-c2ccccc2)cc1-c1ccc(Cl)cc1Oc1ccccc1N1CCN(C(=O)OC(C)(C)C)CC1)C(=O)O. The molecule has 0 spiro atoms. The molecule has 1 heterocycles. The van der Waals surface area contributed by atoms with Gasteiger partial charge in [-0.15, -0.1) is 0 Å². The molecule has 0 aliphatic carbocycles. The largest absolute Gasteiger partial charge is 0.480 e. The molecule has 1 unspecified atom stereocenters. The first-order valence-corrected chi connectivity index (χ1v) is 16.3. The second-order valence-electron chi connectivity index (χ2n) is 12.6. The number of hydrogen-bond donors (Lipinski definition) is 2. The molecule has 5 rings (SSSR count).